The van der Waals surface area contributed by atoms with Gasteiger partial charge in [-0.1, -0.05) is 0 Å². The van der Waals surface area contributed by atoms with Crippen molar-refractivity contribution in [3.63, 3.8) is 0 Å². The molecular formula is C12H19NO3S. The van der Waals surface area contributed by atoms with Crippen molar-refractivity contribution in [2.45, 2.75) is 44.6 Å². The average Bonchev–Trinajstić information content (AvgIpc) is 3.11. The van der Waals surface area contributed by atoms with Crippen molar-refractivity contribution in [2.24, 2.45) is 5.41 Å². The lowest BCUT2D eigenvalue weighted by Gasteiger charge is -2.11. The summed E-state index contributed by atoms with van der Waals surface area (Å²) in [6.07, 6.45) is 5.15. The molecular weight excluding hydrogens is 238 g/mol. The topological polar surface area (TPSA) is 66.4 Å². The highest BCUT2D eigenvalue weighted by atomic mass is 32.2. The maximum atomic E-state index is 11.4. The lowest BCUT2D eigenvalue weighted by Crippen LogP contribution is -2.25. The van der Waals surface area contributed by atoms with Crippen LogP contribution in [-0.4, -0.2) is 34.5 Å². The molecule has 5 heteroatoms. The molecule has 2 aliphatic carbocycles. The van der Waals surface area contributed by atoms with Crippen molar-refractivity contribution in [1.82, 2.24) is 5.32 Å². The number of hydrogen-bond acceptors (Lipinski definition) is 3. The average molecular weight is 257 g/mol. The van der Waals surface area contributed by atoms with E-state index in [4.69, 9.17) is 5.11 Å². The molecule has 0 unspecified atom stereocenters. The van der Waals surface area contributed by atoms with Gasteiger partial charge < -0.3 is 10.4 Å². The van der Waals surface area contributed by atoms with Crippen LogP contribution in [0.2, 0.25) is 0 Å². The van der Waals surface area contributed by atoms with Crippen LogP contribution in [0, 0.1) is 5.41 Å². The van der Waals surface area contributed by atoms with Gasteiger partial charge in [-0.15, -0.1) is 0 Å². The Bertz CT molecular complexity index is 311. The van der Waals surface area contributed by atoms with Crippen LogP contribution in [0.4, 0.5) is 0 Å². The molecule has 0 bridgehead atoms. The number of carbonyl (C=O) groups is 2. The Morgan fingerprint density at radius 2 is 2.06 bits per heavy atom. The Morgan fingerprint density at radius 3 is 2.59 bits per heavy atom. The van der Waals surface area contributed by atoms with Crippen LogP contribution in [0.1, 0.15) is 38.5 Å². The molecule has 2 rings (SSSR count). The molecule has 96 valence electrons. The highest BCUT2D eigenvalue weighted by Gasteiger charge is 2.43. The first-order valence-electron chi connectivity index (χ1n) is 6.19. The van der Waals surface area contributed by atoms with Crippen LogP contribution < -0.4 is 5.32 Å². The fourth-order valence-electron chi connectivity index (χ4n) is 1.85. The fourth-order valence-corrected chi connectivity index (χ4v) is 3.15. The van der Waals surface area contributed by atoms with Crippen molar-refractivity contribution >= 4 is 23.6 Å². The molecule has 2 N–H and O–H groups in total. The van der Waals surface area contributed by atoms with Gasteiger partial charge in [-0.3, -0.25) is 9.59 Å². The third kappa shape index (κ3) is 4.58. The molecule has 17 heavy (non-hydrogen) atoms. The molecule has 1 amide bonds. The van der Waals surface area contributed by atoms with Crippen molar-refractivity contribution in [3.8, 4) is 0 Å². The molecule has 2 aliphatic rings. The van der Waals surface area contributed by atoms with E-state index in [-0.39, 0.29) is 17.7 Å². The molecule has 0 atom stereocenters. The number of amides is 1. The van der Waals surface area contributed by atoms with Gasteiger partial charge in [0.05, 0.1) is 6.42 Å². The van der Waals surface area contributed by atoms with Crippen molar-refractivity contribution in [2.75, 3.05) is 11.5 Å². The Kier molecular flexibility index (Phi) is 3.97. The van der Waals surface area contributed by atoms with Gasteiger partial charge in [0.1, 0.15) is 0 Å². The maximum Gasteiger partial charge on any atom is 0.303 e. The molecule has 0 spiro atoms. The minimum Gasteiger partial charge on any atom is -0.481 e. The Hall–Kier alpha value is -0.710. The molecule has 0 aromatic carbocycles. The zero-order valence-electron chi connectivity index (χ0n) is 9.91. The molecule has 0 radical (unpaired) electrons. The summed E-state index contributed by atoms with van der Waals surface area (Å²) in [4.78, 5) is 22.0. The summed E-state index contributed by atoms with van der Waals surface area (Å²) in [6, 6.07) is 0.439. The second kappa shape index (κ2) is 5.29. The van der Waals surface area contributed by atoms with Crippen LogP contribution >= 0.6 is 11.8 Å². The molecule has 2 saturated carbocycles. The van der Waals surface area contributed by atoms with Crippen LogP contribution in [0.15, 0.2) is 0 Å². The SMILES string of the molecule is O=C(O)CC1(CSCCC(=O)NC2CC2)CC1. The summed E-state index contributed by atoms with van der Waals surface area (Å²) in [5.41, 5.74) is 0.0451. The first kappa shape index (κ1) is 12.7. The van der Waals surface area contributed by atoms with Crippen LogP contribution in [0.3, 0.4) is 0 Å². The molecule has 0 aromatic rings. The zero-order chi connectivity index (χ0) is 12.3. The van der Waals surface area contributed by atoms with Crippen LogP contribution in [-0.2, 0) is 9.59 Å². The third-order valence-electron chi connectivity index (χ3n) is 3.31. The molecule has 0 heterocycles. The van der Waals surface area contributed by atoms with Gasteiger partial charge in [-0.25, -0.2) is 0 Å². The quantitative estimate of drug-likeness (QED) is 0.649. The smallest absolute Gasteiger partial charge is 0.303 e. The lowest BCUT2D eigenvalue weighted by molar-refractivity contribution is -0.138. The molecule has 0 aromatic heterocycles. The Morgan fingerprint density at radius 1 is 1.35 bits per heavy atom. The predicted molar refractivity (Wildman–Crippen MR) is 67.0 cm³/mol. The van der Waals surface area contributed by atoms with E-state index >= 15 is 0 Å². The lowest BCUT2D eigenvalue weighted by atomic mass is 10.1. The number of hydrogen-bond donors (Lipinski definition) is 2. The van der Waals surface area contributed by atoms with Crippen molar-refractivity contribution < 1.29 is 14.7 Å². The minimum atomic E-state index is -0.699. The highest BCUT2D eigenvalue weighted by molar-refractivity contribution is 7.99. The second-order valence-electron chi connectivity index (χ2n) is 5.21. The van der Waals surface area contributed by atoms with Gasteiger partial charge >= 0.3 is 5.97 Å². The summed E-state index contributed by atoms with van der Waals surface area (Å²) >= 11 is 1.72. The van der Waals surface area contributed by atoms with Crippen molar-refractivity contribution in [1.29, 1.82) is 0 Å². The molecule has 4 nitrogen and oxygen atoms in total. The van der Waals surface area contributed by atoms with Gasteiger partial charge in [0, 0.05) is 18.2 Å². The van der Waals surface area contributed by atoms with E-state index < -0.39 is 5.97 Å². The van der Waals surface area contributed by atoms with Gasteiger partial charge in [0.15, 0.2) is 0 Å². The normalized spacial score (nSPS) is 20.9. The van der Waals surface area contributed by atoms with Crippen LogP contribution in [0.25, 0.3) is 0 Å². The summed E-state index contributed by atoms with van der Waals surface area (Å²) in [6.45, 7) is 0. The standard InChI is InChI=1S/C12H19NO3S/c14-10(13-9-1-2-9)3-6-17-8-12(4-5-12)7-11(15)16/h9H,1-8H2,(H,13,14)(H,15,16). The monoisotopic (exact) mass is 257 g/mol. The van der Waals surface area contributed by atoms with Gasteiger partial charge in [-0.2, -0.15) is 11.8 Å². The number of carbonyl (C=O) groups excluding carboxylic acids is 1. The van der Waals surface area contributed by atoms with E-state index in [1.807, 2.05) is 0 Å². The first-order valence-corrected chi connectivity index (χ1v) is 7.34. The number of rotatable bonds is 8. The number of aliphatic carboxylic acids is 1. The largest absolute Gasteiger partial charge is 0.481 e. The number of carboxylic acid groups (broad SMARTS) is 1. The second-order valence-corrected chi connectivity index (χ2v) is 6.32. The highest BCUT2D eigenvalue weighted by Crippen LogP contribution is 2.51. The van der Waals surface area contributed by atoms with Crippen LogP contribution in [0.5, 0.6) is 0 Å². The van der Waals surface area contributed by atoms with E-state index in [1.165, 1.54) is 0 Å². The maximum absolute atomic E-state index is 11.4. The van der Waals surface area contributed by atoms with Crippen molar-refractivity contribution in [3.05, 3.63) is 0 Å². The summed E-state index contributed by atoms with van der Waals surface area (Å²) in [7, 11) is 0. The third-order valence-corrected chi connectivity index (χ3v) is 4.62. The summed E-state index contributed by atoms with van der Waals surface area (Å²) in [5.74, 6) is 1.13. The van der Waals surface area contributed by atoms with Gasteiger partial charge in [-0.05, 0) is 36.9 Å². The Balaban J connectivity index is 1.53. The number of carboxylic acids is 1. The van der Waals surface area contributed by atoms with Gasteiger partial charge in [0.2, 0.25) is 5.91 Å². The minimum absolute atomic E-state index is 0.0451. The Labute approximate surface area is 106 Å². The predicted octanol–water partition coefficient (Wildman–Crippen LogP) is 1.64. The first-order chi connectivity index (χ1) is 8.10. The van der Waals surface area contributed by atoms with E-state index in [1.54, 1.807) is 11.8 Å². The summed E-state index contributed by atoms with van der Waals surface area (Å²) < 4.78 is 0. The molecule has 0 aliphatic heterocycles. The molecule has 0 saturated heterocycles. The van der Waals surface area contributed by atoms with E-state index in [0.717, 1.165) is 37.2 Å². The summed E-state index contributed by atoms with van der Waals surface area (Å²) in [5, 5.41) is 11.7. The van der Waals surface area contributed by atoms with E-state index in [9.17, 15) is 9.59 Å². The van der Waals surface area contributed by atoms with E-state index in [0.29, 0.717) is 12.5 Å². The van der Waals surface area contributed by atoms with E-state index in [2.05, 4.69) is 5.32 Å². The van der Waals surface area contributed by atoms with Gasteiger partial charge in [0.25, 0.3) is 0 Å². The zero-order valence-corrected chi connectivity index (χ0v) is 10.7. The molecule has 2 fully saturated rings. The number of thioether (sulfide) groups is 1. The number of nitrogens with one attached hydrogen (secondary N) is 1. The fraction of sp³-hybridized carbons (Fsp3) is 0.833.